The molecule has 0 unspecified atom stereocenters. The number of aryl methyl sites for hydroxylation is 1. The third-order valence-corrected chi connectivity index (χ3v) is 3.57. The van der Waals surface area contributed by atoms with Crippen LogP contribution in [0, 0.1) is 6.92 Å². The molecule has 1 N–H and O–H groups in total. The summed E-state index contributed by atoms with van der Waals surface area (Å²) in [7, 11) is 0. The van der Waals surface area contributed by atoms with E-state index in [1.165, 1.54) is 0 Å². The number of cyclic esters (lactones) is 1. The van der Waals surface area contributed by atoms with Crippen LogP contribution in [0.4, 0.5) is 5.69 Å². The maximum absolute atomic E-state index is 12.1. The molecule has 0 radical (unpaired) electrons. The number of amides is 1. The van der Waals surface area contributed by atoms with Gasteiger partial charge in [-0.25, -0.2) is 4.79 Å². The van der Waals surface area contributed by atoms with E-state index >= 15 is 0 Å². The summed E-state index contributed by atoms with van der Waals surface area (Å²) >= 11 is 0. The standard InChI is InChI=1S/C17H15NO3/c1-11-6-2-5-9-14(11)18-16(19)10-15-12-7-3-4-8-13(12)17(20)21-15/h2-9,15H,10H2,1H3,(H,18,19)/t15-/m1/s1. The molecule has 3 rings (SSSR count). The molecule has 4 nitrogen and oxygen atoms in total. The Kier molecular flexibility index (Phi) is 3.44. The number of carbonyl (C=O) groups is 2. The van der Waals surface area contributed by atoms with E-state index < -0.39 is 6.10 Å². The number of anilines is 1. The van der Waals surface area contributed by atoms with E-state index in [1.807, 2.05) is 43.3 Å². The third-order valence-electron chi connectivity index (χ3n) is 3.57. The van der Waals surface area contributed by atoms with Crippen molar-refractivity contribution in [3.8, 4) is 0 Å². The number of fused-ring (bicyclic) bond motifs is 1. The fourth-order valence-electron chi connectivity index (χ4n) is 2.45. The third kappa shape index (κ3) is 2.65. The monoisotopic (exact) mass is 281 g/mol. The van der Waals surface area contributed by atoms with Crippen LogP contribution in [0.5, 0.6) is 0 Å². The molecule has 1 aliphatic rings. The molecule has 1 heterocycles. The van der Waals surface area contributed by atoms with Crippen molar-refractivity contribution in [2.24, 2.45) is 0 Å². The average Bonchev–Trinajstić information content (AvgIpc) is 2.79. The molecule has 0 spiro atoms. The van der Waals surface area contributed by atoms with Crippen molar-refractivity contribution >= 4 is 17.6 Å². The predicted octanol–water partition coefficient (Wildman–Crippen LogP) is 3.24. The Labute approximate surface area is 122 Å². The normalized spacial score (nSPS) is 16.2. The molecule has 0 saturated heterocycles. The van der Waals surface area contributed by atoms with Gasteiger partial charge in [-0.3, -0.25) is 4.79 Å². The zero-order chi connectivity index (χ0) is 14.8. The van der Waals surface area contributed by atoms with Crippen LogP contribution in [0.2, 0.25) is 0 Å². The fourth-order valence-corrected chi connectivity index (χ4v) is 2.45. The van der Waals surface area contributed by atoms with Crippen molar-refractivity contribution in [1.29, 1.82) is 0 Å². The number of hydrogen-bond donors (Lipinski definition) is 1. The van der Waals surface area contributed by atoms with Gasteiger partial charge in [-0.1, -0.05) is 36.4 Å². The minimum atomic E-state index is -0.502. The van der Waals surface area contributed by atoms with Gasteiger partial charge in [0, 0.05) is 11.3 Å². The van der Waals surface area contributed by atoms with Crippen molar-refractivity contribution in [3.63, 3.8) is 0 Å². The molecular formula is C17H15NO3. The van der Waals surface area contributed by atoms with Crippen LogP contribution in [0.25, 0.3) is 0 Å². The smallest absolute Gasteiger partial charge is 0.339 e. The second kappa shape index (κ2) is 5.40. The number of rotatable bonds is 3. The first-order valence-electron chi connectivity index (χ1n) is 6.80. The molecular weight excluding hydrogens is 266 g/mol. The Hall–Kier alpha value is -2.62. The van der Waals surface area contributed by atoms with Gasteiger partial charge in [0.15, 0.2) is 0 Å². The van der Waals surface area contributed by atoms with E-state index in [9.17, 15) is 9.59 Å². The summed E-state index contributed by atoms with van der Waals surface area (Å²) in [5.41, 5.74) is 3.10. The summed E-state index contributed by atoms with van der Waals surface area (Å²) in [5, 5.41) is 2.85. The highest BCUT2D eigenvalue weighted by atomic mass is 16.5. The minimum absolute atomic E-state index is 0.122. The molecule has 4 heteroatoms. The van der Waals surface area contributed by atoms with Crippen LogP contribution in [0.3, 0.4) is 0 Å². The molecule has 0 aromatic heterocycles. The van der Waals surface area contributed by atoms with Crippen molar-refractivity contribution in [3.05, 3.63) is 65.2 Å². The first-order valence-corrected chi connectivity index (χ1v) is 6.80. The van der Waals surface area contributed by atoms with E-state index in [0.717, 1.165) is 16.8 Å². The number of hydrogen-bond acceptors (Lipinski definition) is 3. The van der Waals surface area contributed by atoms with Crippen LogP contribution in [0.15, 0.2) is 48.5 Å². The molecule has 1 atom stereocenters. The number of carbonyl (C=O) groups excluding carboxylic acids is 2. The van der Waals surface area contributed by atoms with E-state index in [0.29, 0.717) is 5.56 Å². The minimum Gasteiger partial charge on any atom is -0.453 e. The van der Waals surface area contributed by atoms with Gasteiger partial charge in [-0.15, -0.1) is 0 Å². The summed E-state index contributed by atoms with van der Waals surface area (Å²) in [6.07, 6.45) is -0.380. The predicted molar refractivity (Wildman–Crippen MR) is 79.0 cm³/mol. The van der Waals surface area contributed by atoms with E-state index in [-0.39, 0.29) is 18.3 Å². The van der Waals surface area contributed by atoms with Crippen molar-refractivity contribution in [2.45, 2.75) is 19.4 Å². The fraction of sp³-hybridized carbons (Fsp3) is 0.176. The van der Waals surface area contributed by atoms with Crippen LogP contribution >= 0.6 is 0 Å². The quantitative estimate of drug-likeness (QED) is 0.879. The zero-order valence-electron chi connectivity index (χ0n) is 11.6. The van der Waals surface area contributed by atoms with Crippen LogP contribution in [-0.2, 0) is 9.53 Å². The highest BCUT2D eigenvalue weighted by molar-refractivity contribution is 5.96. The van der Waals surface area contributed by atoms with Gasteiger partial charge in [-0.2, -0.15) is 0 Å². The lowest BCUT2D eigenvalue weighted by Gasteiger charge is -2.12. The molecule has 2 aromatic carbocycles. The number of benzene rings is 2. The molecule has 1 amide bonds. The Morgan fingerprint density at radius 3 is 2.67 bits per heavy atom. The first-order chi connectivity index (χ1) is 10.1. The summed E-state index contributed by atoms with van der Waals surface area (Å²) in [4.78, 5) is 23.9. The number of esters is 1. The summed E-state index contributed by atoms with van der Waals surface area (Å²) in [6, 6.07) is 14.7. The molecule has 21 heavy (non-hydrogen) atoms. The molecule has 0 bridgehead atoms. The Balaban J connectivity index is 1.72. The number of ether oxygens (including phenoxy) is 1. The van der Waals surface area contributed by atoms with Gasteiger partial charge in [-0.05, 0) is 24.6 Å². The molecule has 2 aromatic rings. The van der Waals surface area contributed by atoms with Gasteiger partial charge in [0.2, 0.25) is 5.91 Å². The summed E-state index contributed by atoms with van der Waals surface area (Å²) < 4.78 is 5.27. The Morgan fingerprint density at radius 1 is 1.14 bits per heavy atom. The van der Waals surface area contributed by atoms with Crippen molar-refractivity contribution in [2.75, 3.05) is 5.32 Å². The number of para-hydroxylation sites is 1. The lowest BCUT2D eigenvalue weighted by molar-refractivity contribution is -0.118. The van der Waals surface area contributed by atoms with E-state index in [4.69, 9.17) is 4.74 Å². The van der Waals surface area contributed by atoms with Gasteiger partial charge in [0.1, 0.15) is 6.10 Å². The van der Waals surface area contributed by atoms with Crippen molar-refractivity contribution < 1.29 is 14.3 Å². The maximum Gasteiger partial charge on any atom is 0.339 e. The van der Waals surface area contributed by atoms with Gasteiger partial charge >= 0.3 is 5.97 Å². The highest BCUT2D eigenvalue weighted by Gasteiger charge is 2.32. The second-order valence-electron chi connectivity index (χ2n) is 5.05. The van der Waals surface area contributed by atoms with Gasteiger partial charge in [0.05, 0.1) is 12.0 Å². The van der Waals surface area contributed by atoms with Gasteiger partial charge in [0.25, 0.3) is 0 Å². The van der Waals surface area contributed by atoms with Crippen LogP contribution in [-0.4, -0.2) is 11.9 Å². The molecule has 0 fully saturated rings. The first kappa shape index (κ1) is 13.4. The molecule has 0 aliphatic carbocycles. The molecule has 0 saturated carbocycles. The van der Waals surface area contributed by atoms with Crippen molar-refractivity contribution in [1.82, 2.24) is 0 Å². The second-order valence-corrected chi connectivity index (χ2v) is 5.05. The van der Waals surface area contributed by atoms with E-state index in [1.54, 1.807) is 12.1 Å². The van der Waals surface area contributed by atoms with Gasteiger partial charge < -0.3 is 10.1 Å². The SMILES string of the molecule is Cc1ccccc1NC(=O)C[C@H]1OC(=O)c2ccccc21. The lowest BCUT2D eigenvalue weighted by atomic mass is 10.0. The lowest BCUT2D eigenvalue weighted by Crippen LogP contribution is -2.16. The number of nitrogens with one attached hydrogen (secondary N) is 1. The van der Waals surface area contributed by atoms with Crippen LogP contribution < -0.4 is 5.32 Å². The van der Waals surface area contributed by atoms with E-state index in [2.05, 4.69) is 5.32 Å². The topological polar surface area (TPSA) is 55.4 Å². The summed E-state index contributed by atoms with van der Waals surface area (Å²) in [5.74, 6) is -0.530. The average molecular weight is 281 g/mol. The molecule has 106 valence electrons. The highest BCUT2D eigenvalue weighted by Crippen LogP contribution is 2.33. The largest absolute Gasteiger partial charge is 0.453 e. The Bertz CT molecular complexity index is 709. The molecule has 1 aliphatic heterocycles. The maximum atomic E-state index is 12.1. The van der Waals surface area contributed by atoms with Crippen LogP contribution in [0.1, 0.15) is 34.0 Å². The zero-order valence-corrected chi connectivity index (χ0v) is 11.6. The Morgan fingerprint density at radius 2 is 1.86 bits per heavy atom. The summed E-state index contributed by atoms with van der Waals surface area (Å²) in [6.45, 7) is 1.93.